The summed E-state index contributed by atoms with van der Waals surface area (Å²) in [5.74, 6) is -0.241. The number of hydrogen-bond acceptors (Lipinski definition) is 2. The van der Waals surface area contributed by atoms with Gasteiger partial charge in [0.05, 0.1) is 0 Å². The highest BCUT2D eigenvalue weighted by atomic mass is 16.1. The van der Waals surface area contributed by atoms with E-state index in [2.05, 4.69) is 0 Å². The molecule has 40 valence electrons. The van der Waals surface area contributed by atoms with Gasteiger partial charge in [-0.2, -0.15) is 0 Å². The predicted octanol–water partition coefficient (Wildman–Crippen LogP) is 0.363. The average Bonchev–Trinajstić information content (AvgIpc) is 1.77. The van der Waals surface area contributed by atoms with Crippen LogP contribution in [0.4, 0.5) is 0 Å². The molecule has 2 nitrogen and oxygen atoms in total. The standard InChI is InChI=1S/C6H4O2/c7-5-1-2-6(8)4-3-5/h1-4H/p+1. The molecule has 0 unspecified atom stereocenters. The van der Waals surface area contributed by atoms with Crippen LogP contribution in [-0.2, 0) is 9.59 Å². The number of allylic oxidation sites excluding steroid dienone is 4. The maximum atomic E-state index is 10.3. The van der Waals surface area contributed by atoms with Crippen LogP contribution in [0.1, 0.15) is 1.43 Å². The van der Waals surface area contributed by atoms with Crippen LogP contribution in [0, 0.1) is 0 Å². The van der Waals surface area contributed by atoms with Gasteiger partial charge in [-0.3, -0.25) is 9.59 Å². The molecule has 0 N–H and O–H groups in total. The minimum atomic E-state index is -0.121. The molecule has 0 atom stereocenters. The number of carbonyl (C=O) groups excluding carboxylic acids is 2. The summed E-state index contributed by atoms with van der Waals surface area (Å²) in [5, 5.41) is 0. The first-order chi connectivity index (χ1) is 3.79. The Balaban J connectivity index is 0.000000640. The van der Waals surface area contributed by atoms with E-state index in [1.54, 1.807) is 0 Å². The second-order valence-electron chi connectivity index (χ2n) is 1.47. The molecule has 0 saturated carbocycles. The summed E-state index contributed by atoms with van der Waals surface area (Å²) in [6.45, 7) is 0. The average molecular weight is 109 g/mol. The van der Waals surface area contributed by atoms with E-state index < -0.39 is 0 Å². The van der Waals surface area contributed by atoms with Gasteiger partial charge in [0.2, 0.25) is 0 Å². The maximum Gasteiger partial charge on any atom is 1.00 e. The molecule has 0 bridgehead atoms. The molecule has 0 aromatic rings. The Kier molecular flexibility index (Phi) is 1.08. The van der Waals surface area contributed by atoms with Gasteiger partial charge >= 0.3 is 1.43 Å². The van der Waals surface area contributed by atoms with Crippen LogP contribution in [0.3, 0.4) is 0 Å². The van der Waals surface area contributed by atoms with Crippen molar-refractivity contribution < 1.29 is 11.0 Å². The first-order valence-corrected chi connectivity index (χ1v) is 2.23. The highest BCUT2D eigenvalue weighted by molar-refractivity contribution is 6.14. The summed E-state index contributed by atoms with van der Waals surface area (Å²) in [4.78, 5) is 20.6. The first kappa shape index (κ1) is 4.97. The molecular formula is C6H5O2+. The van der Waals surface area contributed by atoms with Gasteiger partial charge in [-0.25, -0.2) is 0 Å². The molecule has 1 aliphatic carbocycles. The van der Waals surface area contributed by atoms with Gasteiger partial charge in [-0.05, 0) is 24.3 Å². The third-order valence-corrected chi connectivity index (χ3v) is 0.824. The molecule has 0 radical (unpaired) electrons. The van der Waals surface area contributed by atoms with E-state index in [4.69, 9.17) is 0 Å². The largest absolute Gasteiger partial charge is 1.00 e. The summed E-state index contributed by atoms with van der Waals surface area (Å²) < 4.78 is 0. The molecule has 0 fully saturated rings. The molecule has 0 aromatic heterocycles. The zero-order valence-electron chi connectivity index (χ0n) is 5.13. The Morgan fingerprint density at radius 1 is 0.875 bits per heavy atom. The van der Waals surface area contributed by atoms with Gasteiger partial charge in [-0.15, -0.1) is 0 Å². The summed E-state index contributed by atoms with van der Waals surface area (Å²) in [6, 6.07) is 0. The molecular weight excluding hydrogens is 104 g/mol. The molecule has 0 aliphatic heterocycles. The van der Waals surface area contributed by atoms with Crippen LogP contribution in [0.15, 0.2) is 24.3 Å². The van der Waals surface area contributed by atoms with Gasteiger partial charge in [0, 0.05) is 0 Å². The number of rotatable bonds is 0. The fraction of sp³-hybridized carbons (Fsp3) is 0. The normalized spacial score (nSPS) is 17.5. The van der Waals surface area contributed by atoms with Crippen LogP contribution in [0.2, 0.25) is 0 Å². The molecule has 0 saturated heterocycles. The molecule has 1 aliphatic rings. The Bertz CT molecular complexity index is 153. The lowest BCUT2D eigenvalue weighted by atomic mass is 10.2. The smallest absolute Gasteiger partial charge is 0.290 e. The van der Waals surface area contributed by atoms with Gasteiger partial charge in [0.15, 0.2) is 11.6 Å². The van der Waals surface area contributed by atoms with Crippen molar-refractivity contribution in [2.45, 2.75) is 0 Å². The lowest BCUT2D eigenvalue weighted by Crippen LogP contribution is -1.97. The van der Waals surface area contributed by atoms with Crippen molar-refractivity contribution in [3.63, 3.8) is 0 Å². The van der Waals surface area contributed by atoms with Gasteiger partial charge in [-0.1, -0.05) is 0 Å². The highest BCUT2D eigenvalue weighted by Gasteiger charge is 1.97. The monoisotopic (exact) mass is 109 g/mol. The van der Waals surface area contributed by atoms with E-state index in [1.807, 2.05) is 0 Å². The van der Waals surface area contributed by atoms with Crippen LogP contribution < -0.4 is 0 Å². The molecule has 0 spiro atoms. The summed E-state index contributed by atoms with van der Waals surface area (Å²) in [7, 11) is 0. The van der Waals surface area contributed by atoms with Crippen molar-refractivity contribution in [3.05, 3.63) is 24.3 Å². The topological polar surface area (TPSA) is 34.1 Å². The van der Waals surface area contributed by atoms with Crippen molar-refractivity contribution in [2.75, 3.05) is 0 Å². The lowest BCUT2D eigenvalue weighted by molar-refractivity contribution is -0.113. The van der Waals surface area contributed by atoms with E-state index >= 15 is 0 Å². The Labute approximate surface area is 48.0 Å². The maximum absolute atomic E-state index is 10.3. The van der Waals surface area contributed by atoms with E-state index in [0.717, 1.165) is 0 Å². The van der Waals surface area contributed by atoms with Crippen molar-refractivity contribution in [1.82, 2.24) is 0 Å². The fourth-order valence-corrected chi connectivity index (χ4v) is 0.440. The van der Waals surface area contributed by atoms with Gasteiger partial charge in [0.25, 0.3) is 0 Å². The molecule has 0 aromatic carbocycles. The first-order valence-electron chi connectivity index (χ1n) is 2.23. The Morgan fingerprint density at radius 3 is 1.38 bits per heavy atom. The Hall–Kier alpha value is -1.18. The second-order valence-corrected chi connectivity index (χ2v) is 1.47. The SMILES string of the molecule is O=C1C=CC(=O)C=C1.[H+]. The van der Waals surface area contributed by atoms with E-state index in [9.17, 15) is 9.59 Å². The third kappa shape index (κ3) is 0.904. The summed E-state index contributed by atoms with van der Waals surface area (Å²) in [6.07, 6.45) is 5.01. The van der Waals surface area contributed by atoms with Crippen molar-refractivity contribution in [2.24, 2.45) is 0 Å². The number of hydrogen-bond donors (Lipinski definition) is 0. The Morgan fingerprint density at radius 2 is 1.12 bits per heavy atom. The van der Waals surface area contributed by atoms with Gasteiger partial charge < -0.3 is 0 Å². The quantitative estimate of drug-likeness (QED) is 0.421. The third-order valence-electron chi connectivity index (χ3n) is 0.824. The molecule has 0 amide bonds. The van der Waals surface area contributed by atoms with Crippen molar-refractivity contribution >= 4 is 11.6 Å². The van der Waals surface area contributed by atoms with E-state index in [-0.39, 0.29) is 13.0 Å². The van der Waals surface area contributed by atoms with Crippen LogP contribution in [-0.4, -0.2) is 11.6 Å². The summed E-state index contributed by atoms with van der Waals surface area (Å²) in [5.41, 5.74) is 0. The van der Waals surface area contributed by atoms with Crippen molar-refractivity contribution in [3.8, 4) is 0 Å². The van der Waals surface area contributed by atoms with E-state index in [1.165, 1.54) is 24.3 Å². The lowest BCUT2D eigenvalue weighted by Gasteiger charge is -1.87. The van der Waals surface area contributed by atoms with Crippen LogP contribution in [0.5, 0.6) is 0 Å². The summed E-state index contributed by atoms with van der Waals surface area (Å²) >= 11 is 0. The zero-order chi connectivity index (χ0) is 5.98. The zero-order valence-corrected chi connectivity index (χ0v) is 4.13. The molecule has 1 rings (SSSR count). The number of ketones is 2. The van der Waals surface area contributed by atoms with Crippen LogP contribution in [0.25, 0.3) is 0 Å². The molecule has 2 heteroatoms. The fourth-order valence-electron chi connectivity index (χ4n) is 0.440. The molecule has 8 heavy (non-hydrogen) atoms. The van der Waals surface area contributed by atoms with Crippen LogP contribution >= 0.6 is 0 Å². The van der Waals surface area contributed by atoms with Crippen molar-refractivity contribution in [1.29, 1.82) is 0 Å². The molecule has 0 heterocycles. The second kappa shape index (κ2) is 1.74. The van der Waals surface area contributed by atoms with Gasteiger partial charge in [0.1, 0.15) is 0 Å². The predicted molar refractivity (Wildman–Crippen MR) is 29.4 cm³/mol. The van der Waals surface area contributed by atoms with E-state index in [0.29, 0.717) is 0 Å². The highest BCUT2D eigenvalue weighted by Crippen LogP contribution is 1.90. The number of carbonyl (C=O) groups is 2. The minimum absolute atomic E-state index is 0. The minimum Gasteiger partial charge on any atom is -0.290 e.